The highest BCUT2D eigenvalue weighted by Crippen LogP contribution is 2.44. The molecule has 5 rings (SSSR count). The zero-order valence-corrected chi connectivity index (χ0v) is 18.8. The van der Waals surface area contributed by atoms with Crippen molar-refractivity contribution in [2.75, 3.05) is 11.9 Å². The summed E-state index contributed by atoms with van der Waals surface area (Å²) in [5.41, 5.74) is 2.95. The van der Waals surface area contributed by atoms with Gasteiger partial charge < -0.3 is 10.1 Å². The maximum absolute atomic E-state index is 12.6. The molecule has 166 valence electrons. The number of para-hydroxylation sites is 1. The average Bonchev–Trinajstić information content (AvgIpc) is 3.05. The molecule has 0 bridgehead atoms. The van der Waals surface area contributed by atoms with Gasteiger partial charge in [-0.1, -0.05) is 42.8 Å². The number of hydrogen-bond donors (Lipinski definition) is 1. The summed E-state index contributed by atoms with van der Waals surface area (Å²) in [4.78, 5) is 41.2. The van der Waals surface area contributed by atoms with Gasteiger partial charge in [-0.05, 0) is 49.6 Å². The first kappa shape index (κ1) is 21.1. The molecule has 0 unspecified atom stereocenters. The lowest BCUT2D eigenvalue weighted by atomic mass is 9.81. The predicted octanol–water partition coefficient (Wildman–Crippen LogP) is 5.06. The van der Waals surface area contributed by atoms with Crippen LogP contribution < -0.4 is 5.32 Å². The number of benzene rings is 2. The summed E-state index contributed by atoms with van der Waals surface area (Å²) in [6.07, 6.45) is 3.14. The van der Waals surface area contributed by atoms with Crippen LogP contribution in [0.5, 0.6) is 0 Å². The van der Waals surface area contributed by atoms with Gasteiger partial charge in [0.05, 0.1) is 29.6 Å². The van der Waals surface area contributed by atoms with Gasteiger partial charge in [-0.25, -0.2) is 0 Å². The second kappa shape index (κ2) is 8.62. The fraction of sp³-hybridized carbons (Fsp3) is 0.400. The first-order chi connectivity index (χ1) is 15.5. The van der Waals surface area contributed by atoms with Gasteiger partial charge in [0.25, 0.3) is 0 Å². The van der Waals surface area contributed by atoms with Crippen LogP contribution in [0.3, 0.4) is 0 Å². The Morgan fingerprint density at radius 2 is 1.75 bits per heavy atom. The maximum atomic E-state index is 12.6. The average molecular weight is 451 g/mol. The van der Waals surface area contributed by atoms with E-state index in [-0.39, 0.29) is 36.6 Å². The number of fused-ring (bicyclic) bond motifs is 3. The lowest BCUT2D eigenvalue weighted by molar-refractivity contribution is -0.149. The molecule has 1 N–H and O–H groups in total. The highest BCUT2D eigenvalue weighted by molar-refractivity contribution is 7.99. The van der Waals surface area contributed by atoms with Crippen LogP contribution in [0.1, 0.15) is 50.7 Å². The molecule has 0 aromatic heterocycles. The van der Waals surface area contributed by atoms with Gasteiger partial charge >= 0.3 is 5.97 Å². The molecule has 1 saturated carbocycles. The number of nitrogens with one attached hydrogen (secondary N) is 1. The molecule has 32 heavy (non-hydrogen) atoms. The van der Waals surface area contributed by atoms with Gasteiger partial charge in [-0.15, -0.1) is 0 Å². The molecule has 2 aromatic carbocycles. The minimum absolute atomic E-state index is 0.0215. The maximum Gasteiger partial charge on any atom is 0.308 e. The number of carbonyl (C=O) groups excluding carboxylic acids is 3. The number of esters is 1. The Morgan fingerprint density at radius 3 is 2.50 bits per heavy atom. The highest BCUT2D eigenvalue weighted by atomic mass is 32.2. The molecule has 1 saturated heterocycles. The molecule has 1 aliphatic carbocycles. The molecule has 2 aromatic rings. The van der Waals surface area contributed by atoms with Crippen molar-refractivity contribution in [3.05, 3.63) is 48.0 Å². The Bertz CT molecular complexity index is 1060. The summed E-state index contributed by atoms with van der Waals surface area (Å²) in [6.45, 7) is 1.94. The van der Waals surface area contributed by atoms with E-state index in [1.54, 1.807) is 11.8 Å². The summed E-state index contributed by atoms with van der Waals surface area (Å²) in [5.74, 6) is -0.995. The van der Waals surface area contributed by atoms with Crippen LogP contribution in [0.2, 0.25) is 0 Å². The molecule has 7 heteroatoms. The van der Waals surface area contributed by atoms with Gasteiger partial charge in [0.15, 0.2) is 0 Å². The standard InChI is InChI=1S/C25H26N2O4S/c1-15(16-10-11-22-20(14-16)26-19-8-4-5-9-21(19)32-22)31-23(28)12-13-27-24(29)17-6-2-3-7-18(17)25(27)30/h4-5,8-11,14-15,17-18,26H,2-3,6-7,12-13H2,1H3/t15-,17+,18+/m0/s1. The molecule has 3 atom stereocenters. The fourth-order valence-corrected chi connectivity index (χ4v) is 5.86. The number of carbonyl (C=O) groups is 3. The predicted molar refractivity (Wildman–Crippen MR) is 122 cm³/mol. The highest BCUT2D eigenvalue weighted by Gasteiger charge is 2.47. The molecule has 2 fully saturated rings. The minimum atomic E-state index is -0.427. The van der Waals surface area contributed by atoms with Crippen molar-refractivity contribution >= 4 is 40.9 Å². The van der Waals surface area contributed by atoms with E-state index in [4.69, 9.17) is 4.74 Å². The van der Waals surface area contributed by atoms with Crippen molar-refractivity contribution < 1.29 is 19.1 Å². The fourth-order valence-electron chi connectivity index (χ4n) is 4.89. The Kier molecular flexibility index (Phi) is 5.67. The van der Waals surface area contributed by atoms with Crippen molar-refractivity contribution in [2.24, 2.45) is 11.8 Å². The SMILES string of the molecule is C[C@H](OC(=O)CCN1C(=O)[C@@H]2CCCC[C@H]2C1=O)c1ccc2c(c1)Nc1ccccc1S2. The molecule has 2 heterocycles. The van der Waals surface area contributed by atoms with Crippen molar-refractivity contribution in [3.8, 4) is 0 Å². The molecular weight excluding hydrogens is 424 g/mol. The van der Waals surface area contributed by atoms with Gasteiger partial charge in [-0.3, -0.25) is 19.3 Å². The minimum Gasteiger partial charge on any atom is -0.458 e. The van der Waals surface area contributed by atoms with E-state index >= 15 is 0 Å². The third kappa shape index (κ3) is 3.90. The van der Waals surface area contributed by atoms with Crippen molar-refractivity contribution in [3.63, 3.8) is 0 Å². The third-order valence-corrected chi connectivity index (χ3v) is 7.78. The number of imide groups is 1. The Morgan fingerprint density at radius 1 is 1.06 bits per heavy atom. The van der Waals surface area contributed by atoms with Crippen LogP contribution >= 0.6 is 11.8 Å². The largest absolute Gasteiger partial charge is 0.458 e. The number of likely N-dealkylation sites (tertiary alicyclic amines) is 1. The summed E-state index contributed by atoms with van der Waals surface area (Å²) < 4.78 is 5.62. The number of rotatable bonds is 5. The van der Waals surface area contributed by atoms with Crippen LogP contribution in [0, 0.1) is 11.8 Å². The van der Waals surface area contributed by atoms with Gasteiger partial charge in [-0.2, -0.15) is 0 Å². The quantitative estimate of drug-likeness (QED) is 0.432. The third-order valence-electron chi connectivity index (χ3n) is 6.63. The lowest BCUT2D eigenvalue weighted by Gasteiger charge is -2.22. The molecule has 6 nitrogen and oxygen atoms in total. The lowest BCUT2D eigenvalue weighted by Crippen LogP contribution is -2.33. The van der Waals surface area contributed by atoms with Crippen LogP contribution in [0.15, 0.2) is 52.3 Å². The molecular formula is C25H26N2O4S. The van der Waals surface area contributed by atoms with Crippen molar-refractivity contribution in [1.82, 2.24) is 4.90 Å². The molecule has 2 aliphatic heterocycles. The summed E-state index contributed by atoms with van der Waals surface area (Å²) >= 11 is 1.71. The number of hydrogen-bond acceptors (Lipinski definition) is 6. The summed E-state index contributed by atoms with van der Waals surface area (Å²) in [6, 6.07) is 14.2. The smallest absolute Gasteiger partial charge is 0.308 e. The number of ether oxygens (including phenoxy) is 1. The van der Waals surface area contributed by atoms with E-state index in [1.807, 2.05) is 43.3 Å². The molecule has 3 aliphatic rings. The number of anilines is 2. The molecule has 2 amide bonds. The topological polar surface area (TPSA) is 75.7 Å². The number of nitrogens with zero attached hydrogens (tertiary/aromatic N) is 1. The van der Waals surface area contributed by atoms with Gasteiger partial charge in [0, 0.05) is 16.3 Å². The monoisotopic (exact) mass is 450 g/mol. The van der Waals surface area contributed by atoms with Crippen molar-refractivity contribution in [1.29, 1.82) is 0 Å². The van der Waals surface area contributed by atoms with Crippen LogP contribution in [-0.4, -0.2) is 29.2 Å². The first-order valence-corrected chi connectivity index (χ1v) is 12.1. The zero-order valence-electron chi connectivity index (χ0n) is 18.0. The van der Waals surface area contributed by atoms with Crippen LogP contribution in [0.4, 0.5) is 11.4 Å². The normalized spacial score (nSPS) is 22.5. The first-order valence-electron chi connectivity index (χ1n) is 11.2. The van der Waals surface area contributed by atoms with E-state index < -0.39 is 12.1 Å². The number of amides is 2. The van der Waals surface area contributed by atoms with E-state index in [0.717, 1.165) is 47.5 Å². The summed E-state index contributed by atoms with van der Waals surface area (Å²) in [5, 5.41) is 3.44. The summed E-state index contributed by atoms with van der Waals surface area (Å²) in [7, 11) is 0. The second-order valence-electron chi connectivity index (χ2n) is 8.69. The Hall–Kier alpha value is -2.80. The van der Waals surface area contributed by atoms with Crippen LogP contribution in [0.25, 0.3) is 0 Å². The van der Waals surface area contributed by atoms with E-state index in [2.05, 4.69) is 11.4 Å². The molecule has 0 radical (unpaired) electrons. The second-order valence-corrected chi connectivity index (χ2v) is 9.77. The molecule has 0 spiro atoms. The van der Waals surface area contributed by atoms with E-state index in [0.29, 0.717) is 0 Å². The Balaban J connectivity index is 1.19. The van der Waals surface area contributed by atoms with Gasteiger partial charge in [0.1, 0.15) is 6.10 Å². The van der Waals surface area contributed by atoms with E-state index in [9.17, 15) is 14.4 Å². The Labute approximate surface area is 191 Å². The van der Waals surface area contributed by atoms with E-state index in [1.165, 1.54) is 9.80 Å². The van der Waals surface area contributed by atoms with Crippen LogP contribution in [-0.2, 0) is 19.1 Å². The zero-order chi connectivity index (χ0) is 22.2. The van der Waals surface area contributed by atoms with Gasteiger partial charge in [0.2, 0.25) is 11.8 Å². The van der Waals surface area contributed by atoms with Crippen molar-refractivity contribution in [2.45, 2.75) is 54.9 Å².